The molecule has 0 heterocycles. The summed E-state index contributed by atoms with van der Waals surface area (Å²) in [5.41, 5.74) is 6.50. The number of carbonyl (C=O) groups excluding carboxylic acids is 1. The molecule has 0 aromatic heterocycles. The van der Waals surface area contributed by atoms with E-state index in [1.54, 1.807) is 25.1 Å². The van der Waals surface area contributed by atoms with E-state index in [1.807, 2.05) is 0 Å². The molecule has 0 radical (unpaired) electrons. The number of hydrogen-bond donors (Lipinski definition) is 2. The van der Waals surface area contributed by atoms with Gasteiger partial charge >= 0.3 is 6.09 Å². The van der Waals surface area contributed by atoms with Crippen LogP contribution >= 0.6 is 11.6 Å². The van der Waals surface area contributed by atoms with Gasteiger partial charge in [0.15, 0.2) is 0 Å². The number of hydrogen-bond acceptors (Lipinski definition) is 3. The van der Waals surface area contributed by atoms with Gasteiger partial charge in [-0.25, -0.2) is 4.79 Å². The average Bonchev–Trinajstić information content (AvgIpc) is 2.12. The summed E-state index contributed by atoms with van der Waals surface area (Å²) in [5.74, 6) is 0. The molecule has 0 bridgehead atoms. The van der Waals surface area contributed by atoms with Crippen LogP contribution in [-0.2, 0) is 4.74 Å². The van der Waals surface area contributed by atoms with E-state index < -0.39 is 6.09 Å². The van der Waals surface area contributed by atoms with Crippen molar-refractivity contribution in [2.24, 2.45) is 0 Å². The average molecular weight is 215 g/mol. The minimum atomic E-state index is -0.542. The Labute approximate surface area is 87.0 Å². The molecule has 0 saturated heterocycles. The highest BCUT2D eigenvalue weighted by atomic mass is 35.5. The summed E-state index contributed by atoms with van der Waals surface area (Å²) in [6.07, 6.45) is -0.542. The number of nitrogen functional groups attached to an aromatic ring is 1. The Bertz CT molecular complexity index is 342. The zero-order valence-electron chi connectivity index (χ0n) is 7.71. The van der Waals surface area contributed by atoms with Crippen LogP contribution in [0.1, 0.15) is 6.92 Å². The third kappa shape index (κ3) is 2.81. The Balaban J connectivity index is 2.75. The second-order valence-electron chi connectivity index (χ2n) is 2.58. The zero-order valence-corrected chi connectivity index (χ0v) is 8.47. The summed E-state index contributed by atoms with van der Waals surface area (Å²) >= 11 is 5.81. The van der Waals surface area contributed by atoms with Crippen LogP contribution in [-0.4, -0.2) is 12.7 Å². The maximum Gasteiger partial charge on any atom is 0.411 e. The summed E-state index contributed by atoms with van der Waals surface area (Å²) < 4.78 is 4.69. The number of amides is 1. The monoisotopic (exact) mass is 214 g/mol. The van der Waals surface area contributed by atoms with Crippen molar-refractivity contribution >= 4 is 29.1 Å². The normalized spacial score (nSPS) is 9.57. The summed E-state index contributed by atoms with van der Waals surface area (Å²) in [6.45, 7) is 2.03. The van der Waals surface area contributed by atoms with Crippen LogP contribution in [0.3, 0.4) is 0 Å². The van der Waals surface area contributed by atoms with E-state index in [9.17, 15) is 4.79 Å². The molecule has 0 aliphatic heterocycles. The lowest BCUT2D eigenvalue weighted by Gasteiger charge is -2.07. The van der Waals surface area contributed by atoms with Crippen LogP contribution in [0.25, 0.3) is 0 Å². The van der Waals surface area contributed by atoms with Gasteiger partial charge in [-0.1, -0.05) is 11.6 Å². The van der Waals surface area contributed by atoms with Crippen LogP contribution in [0.2, 0.25) is 5.02 Å². The summed E-state index contributed by atoms with van der Waals surface area (Å²) in [7, 11) is 0. The molecule has 0 fully saturated rings. The molecule has 3 N–H and O–H groups in total. The van der Waals surface area contributed by atoms with E-state index in [-0.39, 0.29) is 0 Å². The second kappa shape index (κ2) is 4.72. The van der Waals surface area contributed by atoms with Crippen molar-refractivity contribution in [3.05, 3.63) is 23.2 Å². The lowest BCUT2D eigenvalue weighted by Crippen LogP contribution is -2.13. The van der Waals surface area contributed by atoms with Crippen molar-refractivity contribution < 1.29 is 9.53 Å². The lowest BCUT2D eigenvalue weighted by molar-refractivity contribution is 0.168. The Morgan fingerprint density at radius 1 is 1.64 bits per heavy atom. The van der Waals surface area contributed by atoms with E-state index in [2.05, 4.69) is 5.32 Å². The fourth-order valence-corrected chi connectivity index (χ4v) is 1.08. The minimum absolute atomic E-state index is 0.311. The summed E-state index contributed by atoms with van der Waals surface area (Å²) in [5, 5.41) is 2.90. The maximum absolute atomic E-state index is 11.0. The first-order valence-corrected chi connectivity index (χ1v) is 4.50. The van der Waals surface area contributed by atoms with Gasteiger partial charge in [0.2, 0.25) is 0 Å². The molecule has 76 valence electrons. The van der Waals surface area contributed by atoms with Gasteiger partial charge < -0.3 is 10.5 Å². The zero-order chi connectivity index (χ0) is 10.6. The van der Waals surface area contributed by atoms with Gasteiger partial charge in [0.05, 0.1) is 17.3 Å². The predicted molar refractivity (Wildman–Crippen MR) is 56.5 cm³/mol. The number of ether oxygens (including phenoxy) is 1. The smallest absolute Gasteiger partial charge is 0.411 e. The maximum atomic E-state index is 11.0. The largest absolute Gasteiger partial charge is 0.450 e. The topological polar surface area (TPSA) is 64.3 Å². The van der Waals surface area contributed by atoms with E-state index >= 15 is 0 Å². The molecule has 0 spiro atoms. The van der Waals surface area contributed by atoms with Crippen LogP contribution in [0, 0.1) is 0 Å². The molecule has 1 amide bonds. The van der Waals surface area contributed by atoms with Crippen molar-refractivity contribution in [1.29, 1.82) is 0 Å². The predicted octanol–water partition coefficient (Wildman–Crippen LogP) is 2.49. The van der Waals surface area contributed by atoms with Gasteiger partial charge in [-0.05, 0) is 25.1 Å². The summed E-state index contributed by atoms with van der Waals surface area (Å²) in [6, 6.07) is 4.83. The highest BCUT2D eigenvalue weighted by Crippen LogP contribution is 2.23. The van der Waals surface area contributed by atoms with E-state index in [1.165, 1.54) is 0 Å². The Kier molecular flexibility index (Phi) is 3.59. The molecule has 0 unspecified atom stereocenters. The van der Waals surface area contributed by atoms with E-state index in [0.717, 1.165) is 0 Å². The Morgan fingerprint density at radius 2 is 2.36 bits per heavy atom. The first kappa shape index (κ1) is 10.7. The number of benzene rings is 1. The molecule has 5 heteroatoms. The molecule has 0 atom stereocenters. The van der Waals surface area contributed by atoms with Gasteiger partial charge in [-0.3, -0.25) is 5.32 Å². The van der Waals surface area contributed by atoms with Crippen molar-refractivity contribution in [3.63, 3.8) is 0 Å². The van der Waals surface area contributed by atoms with Crippen LogP contribution < -0.4 is 11.1 Å². The number of nitrogens with one attached hydrogen (secondary N) is 1. The number of anilines is 2. The lowest BCUT2D eigenvalue weighted by atomic mass is 10.3. The van der Waals surface area contributed by atoms with Gasteiger partial charge in [0, 0.05) is 5.69 Å². The number of nitrogens with two attached hydrogens (primary N) is 1. The van der Waals surface area contributed by atoms with Crippen molar-refractivity contribution in [3.8, 4) is 0 Å². The van der Waals surface area contributed by atoms with Crippen molar-refractivity contribution in [1.82, 2.24) is 0 Å². The fraction of sp³-hybridized carbons (Fsp3) is 0.222. The highest BCUT2D eigenvalue weighted by molar-refractivity contribution is 6.33. The van der Waals surface area contributed by atoms with Crippen LogP contribution in [0.5, 0.6) is 0 Å². The number of carbonyl (C=O) groups is 1. The molecule has 1 rings (SSSR count). The van der Waals surface area contributed by atoms with Gasteiger partial charge in [-0.2, -0.15) is 0 Å². The second-order valence-corrected chi connectivity index (χ2v) is 2.99. The number of halogens is 1. The Hall–Kier alpha value is -1.42. The standard InChI is InChI=1S/C9H11ClN2O2/c1-2-14-9(13)12-8-5-6(11)3-4-7(8)10/h3-5H,2,11H2,1H3,(H,12,13). The van der Waals surface area contributed by atoms with Crippen LogP contribution in [0.4, 0.5) is 16.2 Å². The Morgan fingerprint density at radius 3 is 3.00 bits per heavy atom. The van der Waals surface area contributed by atoms with Crippen molar-refractivity contribution in [2.45, 2.75) is 6.92 Å². The molecular weight excluding hydrogens is 204 g/mol. The molecule has 0 aliphatic carbocycles. The van der Waals surface area contributed by atoms with Crippen molar-refractivity contribution in [2.75, 3.05) is 17.7 Å². The minimum Gasteiger partial charge on any atom is -0.450 e. The molecule has 14 heavy (non-hydrogen) atoms. The van der Waals surface area contributed by atoms with Gasteiger partial charge in [0.1, 0.15) is 0 Å². The molecule has 0 saturated carbocycles. The SMILES string of the molecule is CCOC(=O)Nc1cc(N)ccc1Cl. The molecule has 4 nitrogen and oxygen atoms in total. The molecule has 0 aliphatic rings. The summed E-state index contributed by atoms with van der Waals surface area (Å²) in [4.78, 5) is 11.0. The highest BCUT2D eigenvalue weighted by Gasteiger charge is 2.05. The third-order valence-corrected chi connectivity index (χ3v) is 1.83. The molecule has 1 aromatic rings. The van der Waals surface area contributed by atoms with Gasteiger partial charge in [0.25, 0.3) is 0 Å². The number of rotatable bonds is 2. The van der Waals surface area contributed by atoms with Crippen LogP contribution in [0.15, 0.2) is 18.2 Å². The first-order chi connectivity index (χ1) is 6.63. The molecule has 1 aromatic carbocycles. The fourth-order valence-electron chi connectivity index (χ4n) is 0.916. The quantitative estimate of drug-likeness (QED) is 0.744. The van der Waals surface area contributed by atoms with E-state index in [0.29, 0.717) is 23.0 Å². The van der Waals surface area contributed by atoms with Gasteiger partial charge in [-0.15, -0.1) is 0 Å². The van der Waals surface area contributed by atoms with E-state index in [4.69, 9.17) is 22.1 Å². The first-order valence-electron chi connectivity index (χ1n) is 4.12. The molecular formula is C9H11ClN2O2. The third-order valence-electron chi connectivity index (χ3n) is 1.50.